The number of nitrogens with zero attached hydrogens (tertiary/aromatic N) is 1. The van der Waals surface area contributed by atoms with Crippen LogP contribution in [0.4, 0.5) is 0 Å². The fraction of sp³-hybridized carbons (Fsp3) is 0.857. The summed E-state index contributed by atoms with van der Waals surface area (Å²) in [6, 6.07) is -0.536. The van der Waals surface area contributed by atoms with Crippen LogP contribution in [0.2, 0.25) is 0 Å². The molecule has 0 aromatic heterocycles. The molecule has 0 aromatic rings. The van der Waals surface area contributed by atoms with Crippen molar-refractivity contribution in [2.24, 2.45) is 11.8 Å². The van der Waals surface area contributed by atoms with E-state index in [-0.39, 0.29) is 11.9 Å². The fourth-order valence-electron chi connectivity index (χ4n) is 2.50. The topological polar surface area (TPSA) is 57.6 Å². The van der Waals surface area contributed by atoms with Crippen LogP contribution in [0.5, 0.6) is 0 Å². The van der Waals surface area contributed by atoms with Gasteiger partial charge in [-0.1, -0.05) is 20.8 Å². The number of hydrogen-bond acceptors (Lipinski definition) is 2. The minimum atomic E-state index is -0.910. The van der Waals surface area contributed by atoms with Gasteiger partial charge < -0.3 is 10.0 Å². The first-order valence-electron chi connectivity index (χ1n) is 6.86. The molecule has 0 aromatic carbocycles. The summed E-state index contributed by atoms with van der Waals surface area (Å²) in [4.78, 5) is 24.9. The zero-order valence-corrected chi connectivity index (χ0v) is 11.8. The molecule has 0 aliphatic heterocycles. The molecule has 1 saturated carbocycles. The Morgan fingerprint density at radius 2 is 1.78 bits per heavy atom. The summed E-state index contributed by atoms with van der Waals surface area (Å²) >= 11 is 0. The summed E-state index contributed by atoms with van der Waals surface area (Å²) in [7, 11) is 0. The van der Waals surface area contributed by atoms with Gasteiger partial charge in [0.25, 0.3) is 0 Å². The highest BCUT2D eigenvalue weighted by molar-refractivity contribution is 5.84. The number of carboxylic acid groups (broad SMARTS) is 1. The summed E-state index contributed by atoms with van der Waals surface area (Å²) in [5, 5.41) is 9.06. The smallest absolute Gasteiger partial charge is 0.326 e. The molecule has 0 heterocycles. The van der Waals surface area contributed by atoms with Crippen molar-refractivity contribution in [1.29, 1.82) is 0 Å². The summed E-state index contributed by atoms with van der Waals surface area (Å²) < 4.78 is 0. The van der Waals surface area contributed by atoms with Gasteiger partial charge in [-0.05, 0) is 38.0 Å². The van der Waals surface area contributed by atoms with Crippen LogP contribution in [-0.4, -0.2) is 34.0 Å². The molecule has 18 heavy (non-hydrogen) atoms. The van der Waals surface area contributed by atoms with Gasteiger partial charge >= 0.3 is 5.97 Å². The van der Waals surface area contributed by atoms with E-state index in [0.717, 1.165) is 19.3 Å². The second kappa shape index (κ2) is 6.21. The summed E-state index contributed by atoms with van der Waals surface area (Å²) in [6.45, 7) is 7.94. The van der Waals surface area contributed by atoms with Gasteiger partial charge in [0.1, 0.15) is 6.04 Å². The number of carboxylic acids is 1. The molecule has 0 radical (unpaired) electrons. The number of carbonyl (C=O) groups excluding carboxylic acids is 1. The van der Waals surface area contributed by atoms with Crippen LogP contribution in [0.3, 0.4) is 0 Å². The van der Waals surface area contributed by atoms with Crippen molar-refractivity contribution in [2.75, 3.05) is 0 Å². The Morgan fingerprint density at radius 1 is 1.22 bits per heavy atom. The number of hydrogen-bond donors (Lipinski definition) is 1. The first-order valence-corrected chi connectivity index (χ1v) is 6.86. The summed E-state index contributed by atoms with van der Waals surface area (Å²) in [5.41, 5.74) is 0. The zero-order chi connectivity index (χ0) is 13.9. The molecule has 1 N–H and O–H groups in total. The van der Waals surface area contributed by atoms with E-state index in [1.807, 2.05) is 0 Å². The molecule has 4 heteroatoms. The van der Waals surface area contributed by atoms with E-state index in [9.17, 15) is 9.59 Å². The molecular formula is C14H25NO3. The molecule has 1 amide bonds. The summed E-state index contributed by atoms with van der Waals surface area (Å²) in [6.07, 6.45) is 3.36. The van der Waals surface area contributed by atoms with E-state index in [0.29, 0.717) is 18.3 Å². The predicted molar refractivity (Wildman–Crippen MR) is 70.2 cm³/mol. The van der Waals surface area contributed by atoms with E-state index < -0.39 is 12.0 Å². The van der Waals surface area contributed by atoms with E-state index in [1.54, 1.807) is 11.8 Å². The molecule has 1 aliphatic rings. The molecule has 1 fully saturated rings. The second-order valence-electron chi connectivity index (χ2n) is 5.99. The maximum absolute atomic E-state index is 12.2. The maximum atomic E-state index is 12.2. The quantitative estimate of drug-likeness (QED) is 0.760. The van der Waals surface area contributed by atoms with Crippen molar-refractivity contribution in [1.82, 2.24) is 4.90 Å². The van der Waals surface area contributed by atoms with Crippen molar-refractivity contribution >= 4 is 11.9 Å². The van der Waals surface area contributed by atoms with Crippen molar-refractivity contribution in [3.05, 3.63) is 0 Å². The third kappa shape index (κ3) is 4.31. The monoisotopic (exact) mass is 255 g/mol. The summed E-state index contributed by atoms with van der Waals surface area (Å²) in [5.74, 6) is -0.0221. The fourth-order valence-corrected chi connectivity index (χ4v) is 2.50. The number of aliphatic carboxylic acids is 1. The van der Waals surface area contributed by atoms with Gasteiger partial charge in [0.05, 0.1) is 0 Å². The number of rotatable bonds is 7. The van der Waals surface area contributed by atoms with Gasteiger partial charge in [-0.2, -0.15) is 0 Å². The average molecular weight is 255 g/mol. The van der Waals surface area contributed by atoms with Crippen LogP contribution in [-0.2, 0) is 9.59 Å². The van der Waals surface area contributed by atoms with Crippen LogP contribution in [0, 0.1) is 11.8 Å². The van der Waals surface area contributed by atoms with E-state index >= 15 is 0 Å². The van der Waals surface area contributed by atoms with Gasteiger partial charge in [0.2, 0.25) is 5.91 Å². The highest BCUT2D eigenvalue weighted by atomic mass is 16.4. The van der Waals surface area contributed by atoms with Gasteiger partial charge in [-0.3, -0.25) is 4.79 Å². The molecule has 104 valence electrons. The molecule has 1 aliphatic carbocycles. The van der Waals surface area contributed by atoms with Gasteiger partial charge in [-0.25, -0.2) is 4.79 Å². The zero-order valence-electron chi connectivity index (χ0n) is 11.8. The van der Waals surface area contributed by atoms with Gasteiger partial charge in [-0.15, -0.1) is 0 Å². The molecule has 4 nitrogen and oxygen atoms in total. The Morgan fingerprint density at radius 3 is 2.17 bits per heavy atom. The Bertz CT molecular complexity index is 310. The Labute approximate surface area is 109 Å². The molecule has 2 atom stereocenters. The first-order chi connectivity index (χ1) is 8.32. The second-order valence-corrected chi connectivity index (χ2v) is 5.99. The maximum Gasteiger partial charge on any atom is 0.326 e. The van der Waals surface area contributed by atoms with Crippen LogP contribution in [0.15, 0.2) is 0 Å². The third-order valence-electron chi connectivity index (χ3n) is 3.40. The molecular weight excluding hydrogens is 230 g/mol. The van der Waals surface area contributed by atoms with Crippen molar-refractivity contribution in [2.45, 2.75) is 65.5 Å². The Hall–Kier alpha value is -1.06. The number of carbonyl (C=O) groups is 2. The lowest BCUT2D eigenvalue weighted by molar-refractivity contribution is -0.150. The molecule has 0 bridgehead atoms. The Kier molecular flexibility index (Phi) is 5.17. The average Bonchev–Trinajstić information content (AvgIpc) is 3.00. The van der Waals surface area contributed by atoms with Crippen molar-refractivity contribution in [3.63, 3.8) is 0 Å². The van der Waals surface area contributed by atoms with E-state index in [1.165, 1.54) is 0 Å². The van der Waals surface area contributed by atoms with Crippen molar-refractivity contribution in [3.8, 4) is 0 Å². The lowest BCUT2D eigenvalue weighted by Crippen LogP contribution is -2.45. The van der Waals surface area contributed by atoms with Crippen LogP contribution < -0.4 is 0 Å². The Balaban J connectivity index is 2.57. The first kappa shape index (κ1) is 15.0. The lowest BCUT2D eigenvalue weighted by Gasteiger charge is -2.28. The highest BCUT2D eigenvalue weighted by Crippen LogP contribution is 2.30. The minimum absolute atomic E-state index is 0.000509. The standard InChI is InChI=1S/C14H25NO3/c1-9(2)7-10(3)8-13(16)15(12-5-6-12)11(4)14(17)18/h9-12H,5-8H2,1-4H3,(H,17,18). The normalized spacial score (nSPS) is 18.5. The van der Waals surface area contributed by atoms with E-state index in [4.69, 9.17) is 5.11 Å². The minimum Gasteiger partial charge on any atom is -0.480 e. The molecule has 1 rings (SSSR count). The van der Waals surface area contributed by atoms with Gasteiger partial charge in [0, 0.05) is 12.5 Å². The predicted octanol–water partition coefficient (Wildman–Crippen LogP) is 2.52. The molecule has 0 saturated heterocycles. The third-order valence-corrected chi connectivity index (χ3v) is 3.40. The van der Waals surface area contributed by atoms with Crippen LogP contribution in [0.1, 0.15) is 53.4 Å². The molecule has 0 spiro atoms. The van der Waals surface area contributed by atoms with Gasteiger partial charge in [0.15, 0.2) is 0 Å². The number of amides is 1. The van der Waals surface area contributed by atoms with E-state index in [2.05, 4.69) is 20.8 Å². The largest absolute Gasteiger partial charge is 0.480 e. The SMILES string of the molecule is CC(C)CC(C)CC(=O)N(C1CC1)C(C)C(=O)O. The van der Waals surface area contributed by atoms with Crippen LogP contribution >= 0.6 is 0 Å². The highest BCUT2D eigenvalue weighted by Gasteiger charge is 2.38. The van der Waals surface area contributed by atoms with Crippen LogP contribution in [0.25, 0.3) is 0 Å². The lowest BCUT2D eigenvalue weighted by atomic mass is 9.95. The molecule has 2 unspecified atom stereocenters. The van der Waals surface area contributed by atoms with Crippen molar-refractivity contribution < 1.29 is 14.7 Å².